The molecule has 0 radical (unpaired) electrons. The van der Waals surface area contributed by atoms with Gasteiger partial charge in [0.25, 0.3) is 0 Å². The average Bonchev–Trinajstić information content (AvgIpc) is 2.58. The zero-order valence-electron chi connectivity index (χ0n) is 17.3. The van der Waals surface area contributed by atoms with Crippen LogP contribution >= 0.6 is 0 Å². The second-order valence-electron chi connectivity index (χ2n) is 8.13. The molecule has 2 unspecified atom stereocenters. The van der Waals surface area contributed by atoms with Gasteiger partial charge in [-0.25, -0.2) is 0 Å². The van der Waals surface area contributed by atoms with Gasteiger partial charge >= 0.3 is 0 Å². The smallest absolute Gasteiger partial charge is 0.0594 e. The number of nitrogens with two attached hydrogens (primary N) is 1. The third-order valence-electron chi connectivity index (χ3n) is 6.07. The monoisotopic (exact) mass is 339 g/mol. The third kappa shape index (κ3) is 7.41. The summed E-state index contributed by atoms with van der Waals surface area (Å²) in [7, 11) is 0. The van der Waals surface area contributed by atoms with Crippen molar-refractivity contribution in [3.8, 4) is 0 Å². The minimum absolute atomic E-state index is 0.313. The Morgan fingerprint density at radius 3 is 1.58 bits per heavy atom. The van der Waals surface area contributed by atoms with Crippen molar-refractivity contribution in [2.45, 2.75) is 98.2 Å². The predicted octanol–water partition coefficient (Wildman–Crippen LogP) is 4.71. The number of nitrogens with zero attached hydrogens (tertiary/aromatic N) is 2. The van der Waals surface area contributed by atoms with E-state index in [1.807, 2.05) is 0 Å². The molecular weight excluding hydrogens is 294 g/mol. The SMILES string of the molecule is CCCCC(CC)CN1CC(N)CN(CC(CC)CCCC)C1C. The van der Waals surface area contributed by atoms with Crippen LogP contribution < -0.4 is 5.73 Å². The highest BCUT2D eigenvalue weighted by molar-refractivity contribution is 4.86. The highest BCUT2D eigenvalue weighted by Crippen LogP contribution is 2.23. The summed E-state index contributed by atoms with van der Waals surface area (Å²) in [5.41, 5.74) is 6.43. The third-order valence-corrected chi connectivity index (χ3v) is 6.07. The Labute approximate surface area is 152 Å². The summed E-state index contributed by atoms with van der Waals surface area (Å²) < 4.78 is 0. The number of unbranched alkanes of at least 4 members (excludes halogenated alkanes) is 2. The molecule has 0 aromatic carbocycles. The second kappa shape index (κ2) is 12.3. The maximum atomic E-state index is 6.43. The van der Waals surface area contributed by atoms with Gasteiger partial charge in [-0.2, -0.15) is 0 Å². The van der Waals surface area contributed by atoms with E-state index in [2.05, 4.69) is 44.4 Å². The summed E-state index contributed by atoms with van der Waals surface area (Å²) in [5.74, 6) is 1.67. The van der Waals surface area contributed by atoms with Crippen molar-refractivity contribution in [1.29, 1.82) is 0 Å². The molecule has 0 spiro atoms. The quantitative estimate of drug-likeness (QED) is 0.559. The Hall–Kier alpha value is -0.120. The van der Waals surface area contributed by atoms with E-state index in [9.17, 15) is 0 Å². The minimum atomic E-state index is 0.313. The number of rotatable bonds is 12. The van der Waals surface area contributed by atoms with Crippen molar-refractivity contribution in [2.75, 3.05) is 26.2 Å². The van der Waals surface area contributed by atoms with Crippen LogP contribution in [0, 0.1) is 11.8 Å². The van der Waals surface area contributed by atoms with Crippen molar-refractivity contribution in [3.63, 3.8) is 0 Å². The van der Waals surface area contributed by atoms with Crippen LogP contribution in [-0.4, -0.2) is 48.2 Å². The molecule has 1 aliphatic heterocycles. The van der Waals surface area contributed by atoms with Gasteiger partial charge in [-0.1, -0.05) is 66.2 Å². The van der Waals surface area contributed by atoms with Gasteiger partial charge in [0.2, 0.25) is 0 Å². The normalized spacial score (nSPS) is 25.8. The Kier molecular flexibility index (Phi) is 11.2. The van der Waals surface area contributed by atoms with Crippen LogP contribution in [0.5, 0.6) is 0 Å². The zero-order chi connectivity index (χ0) is 17.9. The Morgan fingerprint density at radius 2 is 1.25 bits per heavy atom. The summed E-state index contributed by atoms with van der Waals surface area (Å²) >= 11 is 0. The Bertz CT molecular complexity index is 279. The van der Waals surface area contributed by atoms with Gasteiger partial charge in [-0.05, 0) is 31.6 Å². The molecule has 0 aromatic heterocycles. The highest BCUT2D eigenvalue weighted by atomic mass is 15.4. The molecule has 1 heterocycles. The van der Waals surface area contributed by atoms with Gasteiger partial charge in [-0.15, -0.1) is 0 Å². The summed E-state index contributed by atoms with van der Waals surface area (Å²) in [6.45, 7) is 16.3. The first-order valence-electron chi connectivity index (χ1n) is 10.8. The molecule has 1 saturated heterocycles. The van der Waals surface area contributed by atoms with Gasteiger partial charge in [0, 0.05) is 32.2 Å². The van der Waals surface area contributed by atoms with Gasteiger partial charge in [-0.3, -0.25) is 9.80 Å². The van der Waals surface area contributed by atoms with Crippen LogP contribution in [0.25, 0.3) is 0 Å². The van der Waals surface area contributed by atoms with E-state index in [1.165, 1.54) is 64.5 Å². The van der Waals surface area contributed by atoms with E-state index in [0.717, 1.165) is 24.9 Å². The average molecular weight is 340 g/mol. The van der Waals surface area contributed by atoms with E-state index in [-0.39, 0.29) is 0 Å². The standard InChI is InChI=1S/C21H45N3/c1-6-10-12-19(8-3)14-23-16-21(22)17-24(18(23)5)15-20(9-4)13-11-7-2/h18-21H,6-17,22H2,1-5H3. The lowest BCUT2D eigenvalue weighted by Gasteiger charge is -2.47. The zero-order valence-corrected chi connectivity index (χ0v) is 17.3. The van der Waals surface area contributed by atoms with E-state index in [4.69, 9.17) is 5.73 Å². The molecular formula is C21H45N3. The fourth-order valence-corrected chi connectivity index (χ4v) is 4.15. The fourth-order valence-electron chi connectivity index (χ4n) is 4.15. The van der Waals surface area contributed by atoms with Crippen LogP contribution in [0.4, 0.5) is 0 Å². The maximum Gasteiger partial charge on any atom is 0.0594 e. The van der Waals surface area contributed by atoms with E-state index in [1.54, 1.807) is 0 Å². The second-order valence-corrected chi connectivity index (χ2v) is 8.13. The summed E-state index contributed by atoms with van der Waals surface area (Å²) in [4.78, 5) is 5.34. The van der Waals surface area contributed by atoms with Crippen molar-refractivity contribution in [2.24, 2.45) is 17.6 Å². The van der Waals surface area contributed by atoms with Gasteiger partial charge in [0.05, 0.1) is 6.17 Å². The minimum Gasteiger partial charge on any atom is -0.325 e. The summed E-state index contributed by atoms with van der Waals surface area (Å²) in [5, 5.41) is 0. The van der Waals surface area contributed by atoms with Crippen molar-refractivity contribution in [3.05, 3.63) is 0 Å². The molecule has 0 saturated carbocycles. The van der Waals surface area contributed by atoms with Crippen molar-refractivity contribution < 1.29 is 0 Å². The van der Waals surface area contributed by atoms with Gasteiger partial charge in [0.1, 0.15) is 0 Å². The first-order valence-corrected chi connectivity index (χ1v) is 10.8. The molecule has 3 nitrogen and oxygen atoms in total. The number of hydrogen-bond donors (Lipinski definition) is 1. The lowest BCUT2D eigenvalue weighted by Crippen LogP contribution is -2.61. The molecule has 0 amide bonds. The maximum absolute atomic E-state index is 6.43. The molecule has 0 bridgehead atoms. The first kappa shape index (κ1) is 21.9. The molecule has 144 valence electrons. The lowest BCUT2D eigenvalue weighted by atomic mass is 9.96. The molecule has 2 atom stereocenters. The predicted molar refractivity (Wildman–Crippen MR) is 107 cm³/mol. The lowest BCUT2D eigenvalue weighted by molar-refractivity contribution is -0.0142. The van der Waals surface area contributed by atoms with Crippen LogP contribution in [0.3, 0.4) is 0 Å². The van der Waals surface area contributed by atoms with Crippen LogP contribution in [0.2, 0.25) is 0 Å². The fraction of sp³-hybridized carbons (Fsp3) is 1.00. The highest BCUT2D eigenvalue weighted by Gasteiger charge is 2.31. The topological polar surface area (TPSA) is 32.5 Å². The molecule has 24 heavy (non-hydrogen) atoms. The van der Waals surface area contributed by atoms with Gasteiger partial charge in [0.15, 0.2) is 0 Å². The first-order chi connectivity index (χ1) is 11.5. The summed E-state index contributed by atoms with van der Waals surface area (Å²) in [6, 6.07) is 0.313. The summed E-state index contributed by atoms with van der Waals surface area (Å²) in [6.07, 6.45) is 11.3. The van der Waals surface area contributed by atoms with E-state index < -0.39 is 0 Å². The molecule has 0 aromatic rings. The molecule has 1 fully saturated rings. The van der Waals surface area contributed by atoms with E-state index in [0.29, 0.717) is 12.2 Å². The van der Waals surface area contributed by atoms with Crippen LogP contribution in [0.1, 0.15) is 86.0 Å². The largest absolute Gasteiger partial charge is 0.325 e. The van der Waals surface area contributed by atoms with E-state index >= 15 is 0 Å². The number of hydrogen-bond acceptors (Lipinski definition) is 3. The molecule has 2 N–H and O–H groups in total. The van der Waals surface area contributed by atoms with Gasteiger partial charge < -0.3 is 5.73 Å². The van der Waals surface area contributed by atoms with Crippen LogP contribution in [-0.2, 0) is 0 Å². The van der Waals surface area contributed by atoms with Crippen LogP contribution in [0.15, 0.2) is 0 Å². The Morgan fingerprint density at radius 1 is 0.833 bits per heavy atom. The molecule has 3 heteroatoms. The van der Waals surface area contributed by atoms with Crippen molar-refractivity contribution in [1.82, 2.24) is 9.80 Å². The molecule has 1 rings (SSSR count). The Balaban J connectivity index is 2.61. The molecule has 1 aliphatic rings. The molecule has 0 aliphatic carbocycles. The van der Waals surface area contributed by atoms with Crippen molar-refractivity contribution >= 4 is 0 Å².